The Morgan fingerprint density at radius 3 is 2.67 bits per heavy atom. The fourth-order valence-electron chi connectivity index (χ4n) is 2.09. The molecule has 1 unspecified atom stereocenters. The average molecular weight is 212 g/mol. The highest BCUT2D eigenvalue weighted by Gasteiger charge is 2.49. The van der Waals surface area contributed by atoms with E-state index in [0.29, 0.717) is 13.1 Å². The first-order valence-electron chi connectivity index (χ1n) is 5.31. The molecule has 0 spiro atoms. The van der Waals surface area contributed by atoms with Crippen LogP contribution in [0.15, 0.2) is 0 Å². The molecular weight excluding hydrogens is 196 g/mol. The Bertz CT molecular complexity index is 299. The minimum atomic E-state index is -0.789. The fraction of sp³-hybridized carbons (Fsp3) is 0.800. The molecule has 0 aromatic heterocycles. The standard InChI is InChI=1S/C10H16N2O3/c11-10(2-3-10)9(15)12-4-1-7(6-12)5-8(13)14/h7H,1-6,11H2,(H,13,14). The summed E-state index contributed by atoms with van der Waals surface area (Å²) in [7, 11) is 0. The average Bonchev–Trinajstić information content (AvgIpc) is 2.75. The number of hydrogen-bond acceptors (Lipinski definition) is 3. The highest BCUT2D eigenvalue weighted by Crippen LogP contribution is 2.35. The summed E-state index contributed by atoms with van der Waals surface area (Å²) in [6.45, 7) is 1.22. The van der Waals surface area contributed by atoms with Crippen LogP contribution in [0.3, 0.4) is 0 Å². The molecule has 0 aromatic carbocycles. The number of amides is 1. The first kappa shape index (κ1) is 10.4. The van der Waals surface area contributed by atoms with Gasteiger partial charge in [0.05, 0.1) is 5.54 Å². The summed E-state index contributed by atoms with van der Waals surface area (Å²) in [5.41, 5.74) is 5.20. The number of nitrogens with zero attached hydrogens (tertiary/aromatic N) is 1. The molecule has 1 atom stereocenters. The van der Waals surface area contributed by atoms with E-state index in [-0.39, 0.29) is 18.2 Å². The molecule has 2 fully saturated rings. The lowest BCUT2D eigenvalue weighted by molar-refractivity contribution is -0.138. The van der Waals surface area contributed by atoms with E-state index in [1.54, 1.807) is 4.90 Å². The van der Waals surface area contributed by atoms with Gasteiger partial charge in [0, 0.05) is 19.5 Å². The van der Waals surface area contributed by atoms with Gasteiger partial charge in [0.2, 0.25) is 5.91 Å². The Hall–Kier alpha value is -1.10. The van der Waals surface area contributed by atoms with Crippen molar-refractivity contribution in [2.45, 2.75) is 31.2 Å². The molecule has 1 saturated carbocycles. The normalized spacial score (nSPS) is 27.8. The quantitative estimate of drug-likeness (QED) is 0.678. The van der Waals surface area contributed by atoms with Gasteiger partial charge in [-0.3, -0.25) is 9.59 Å². The van der Waals surface area contributed by atoms with E-state index in [0.717, 1.165) is 19.3 Å². The van der Waals surface area contributed by atoms with Crippen LogP contribution < -0.4 is 5.73 Å². The smallest absolute Gasteiger partial charge is 0.303 e. The molecule has 1 amide bonds. The molecule has 0 aromatic rings. The van der Waals surface area contributed by atoms with Gasteiger partial charge in [0.1, 0.15) is 0 Å². The van der Waals surface area contributed by atoms with Crippen LogP contribution in [0.1, 0.15) is 25.7 Å². The number of aliphatic carboxylic acids is 1. The van der Waals surface area contributed by atoms with Gasteiger partial charge in [-0.1, -0.05) is 0 Å². The van der Waals surface area contributed by atoms with E-state index < -0.39 is 11.5 Å². The summed E-state index contributed by atoms with van der Waals surface area (Å²) < 4.78 is 0. The zero-order chi connectivity index (χ0) is 11.1. The van der Waals surface area contributed by atoms with Crippen molar-refractivity contribution in [1.29, 1.82) is 0 Å². The summed E-state index contributed by atoms with van der Waals surface area (Å²) >= 11 is 0. The molecule has 5 nitrogen and oxygen atoms in total. The minimum absolute atomic E-state index is 0.00962. The summed E-state index contributed by atoms with van der Waals surface area (Å²) in [6.07, 6.45) is 2.48. The van der Waals surface area contributed by atoms with Gasteiger partial charge in [-0.05, 0) is 25.2 Å². The number of carboxylic acids is 1. The number of nitrogens with two attached hydrogens (primary N) is 1. The summed E-state index contributed by atoms with van der Waals surface area (Å²) in [5.74, 6) is -0.674. The largest absolute Gasteiger partial charge is 0.481 e. The fourth-order valence-corrected chi connectivity index (χ4v) is 2.09. The molecule has 1 aliphatic heterocycles. The first-order chi connectivity index (χ1) is 7.01. The van der Waals surface area contributed by atoms with Crippen molar-refractivity contribution < 1.29 is 14.7 Å². The highest BCUT2D eigenvalue weighted by molar-refractivity contribution is 5.89. The third kappa shape index (κ3) is 2.12. The van der Waals surface area contributed by atoms with Crippen molar-refractivity contribution in [3.8, 4) is 0 Å². The van der Waals surface area contributed by atoms with Gasteiger partial charge < -0.3 is 15.7 Å². The molecule has 0 radical (unpaired) electrons. The molecular formula is C10H16N2O3. The summed E-state index contributed by atoms with van der Waals surface area (Å²) in [6, 6.07) is 0. The van der Waals surface area contributed by atoms with Crippen LogP contribution in [0.5, 0.6) is 0 Å². The molecule has 1 heterocycles. The zero-order valence-electron chi connectivity index (χ0n) is 8.61. The molecule has 1 saturated heterocycles. The summed E-state index contributed by atoms with van der Waals surface area (Å²) in [4.78, 5) is 24.0. The summed E-state index contributed by atoms with van der Waals surface area (Å²) in [5, 5.41) is 8.64. The van der Waals surface area contributed by atoms with Crippen LogP contribution in [-0.2, 0) is 9.59 Å². The maximum atomic E-state index is 11.8. The van der Waals surface area contributed by atoms with Crippen LogP contribution in [0.4, 0.5) is 0 Å². The molecule has 84 valence electrons. The van der Waals surface area contributed by atoms with E-state index in [2.05, 4.69) is 0 Å². The van der Waals surface area contributed by atoms with Crippen molar-refractivity contribution in [3.05, 3.63) is 0 Å². The van der Waals surface area contributed by atoms with Crippen molar-refractivity contribution in [2.24, 2.45) is 11.7 Å². The number of hydrogen-bond donors (Lipinski definition) is 2. The topological polar surface area (TPSA) is 83.6 Å². The third-order valence-corrected chi connectivity index (χ3v) is 3.25. The maximum absolute atomic E-state index is 11.8. The number of carbonyl (C=O) groups is 2. The second kappa shape index (κ2) is 3.48. The lowest BCUT2D eigenvalue weighted by Crippen LogP contribution is -2.44. The van der Waals surface area contributed by atoms with Crippen molar-refractivity contribution in [2.75, 3.05) is 13.1 Å². The first-order valence-corrected chi connectivity index (χ1v) is 5.31. The molecule has 2 aliphatic rings. The highest BCUT2D eigenvalue weighted by atomic mass is 16.4. The van der Waals surface area contributed by atoms with Crippen molar-refractivity contribution >= 4 is 11.9 Å². The third-order valence-electron chi connectivity index (χ3n) is 3.25. The van der Waals surface area contributed by atoms with Gasteiger partial charge in [0.25, 0.3) is 0 Å². The van der Waals surface area contributed by atoms with Gasteiger partial charge in [0.15, 0.2) is 0 Å². The van der Waals surface area contributed by atoms with Crippen LogP contribution in [-0.4, -0.2) is 40.5 Å². The van der Waals surface area contributed by atoms with Crippen LogP contribution >= 0.6 is 0 Å². The monoisotopic (exact) mass is 212 g/mol. The lowest BCUT2D eigenvalue weighted by Gasteiger charge is -2.20. The van der Waals surface area contributed by atoms with E-state index in [1.807, 2.05) is 0 Å². The Balaban J connectivity index is 1.87. The van der Waals surface area contributed by atoms with E-state index in [1.165, 1.54) is 0 Å². The number of carbonyl (C=O) groups excluding carboxylic acids is 1. The van der Waals surface area contributed by atoms with E-state index >= 15 is 0 Å². The minimum Gasteiger partial charge on any atom is -0.481 e. The number of likely N-dealkylation sites (tertiary alicyclic amines) is 1. The van der Waals surface area contributed by atoms with E-state index in [4.69, 9.17) is 10.8 Å². The second-order valence-corrected chi connectivity index (χ2v) is 4.66. The van der Waals surface area contributed by atoms with Gasteiger partial charge in [-0.15, -0.1) is 0 Å². The molecule has 0 bridgehead atoms. The van der Waals surface area contributed by atoms with Crippen molar-refractivity contribution in [1.82, 2.24) is 4.90 Å². The Labute approximate surface area is 88.2 Å². The second-order valence-electron chi connectivity index (χ2n) is 4.66. The molecule has 5 heteroatoms. The molecule has 15 heavy (non-hydrogen) atoms. The van der Waals surface area contributed by atoms with Gasteiger partial charge in [-0.25, -0.2) is 0 Å². The Kier molecular flexibility index (Phi) is 2.42. The maximum Gasteiger partial charge on any atom is 0.303 e. The molecule has 3 N–H and O–H groups in total. The number of rotatable bonds is 3. The van der Waals surface area contributed by atoms with Crippen LogP contribution in [0.2, 0.25) is 0 Å². The van der Waals surface area contributed by atoms with Gasteiger partial charge in [-0.2, -0.15) is 0 Å². The van der Waals surface area contributed by atoms with Crippen LogP contribution in [0, 0.1) is 5.92 Å². The number of carboxylic acid groups (broad SMARTS) is 1. The zero-order valence-corrected chi connectivity index (χ0v) is 8.61. The molecule has 2 rings (SSSR count). The predicted octanol–water partition coefficient (Wildman–Crippen LogP) is -0.199. The van der Waals surface area contributed by atoms with E-state index in [9.17, 15) is 9.59 Å². The Morgan fingerprint density at radius 2 is 2.13 bits per heavy atom. The van der Waals surface area contributed by atoms with Gasteiger partial charge >= 0.3 is 5.97 Å². The predicted molar refractivity (Wildman–Crippen MR) is 53.1 cm³/mol. The Morgan fingerprint density at radius 1 is 1.47 bits per heavy atom. The SMILES string of the molecule is NC1(C(=O)N2CCC(CC(=O)O)C2)CC1. The van der Waals surface area contributed by atoms with Crippen LogP contribution in [0.25, 0.3) is 0 Å². The van der Waals surface area contributed by atoms with Crippen molar-refractivity contribution in [3.63, 3.8) is 0 Å². The molecule has 1 aliphatic carbocycles. The lowest BCUT2D eigenvalue weighted by atomic mass is 10.1.